The molecule has 0 saturated carbocycles. The molecule has 0 aliphatic heterocycles. The summed E-state index contributed by atoms with van der Waals surface area (Å²) in [6, 6.07) is 8.72. The highest BCUT2D eigenvalue weighted by Gasteiger charge is 2.25. The maximum Gasteiger partial charge on any atom is 0.243 e. The van der Waals surface area contributed by atoms with Crippen molar-refractivity contribution >= 4 is 56.4 Å². The summed E-state index contributed by atoms with van der Waals surface area (Å²) in [4.78, 5) is 12.4. The van der Waals surface area contributed by atoms with E-state index >= 15 is 0 Å². The summed E-state index contributed by atoms with van der Waals surface area (Å²) in [7, 11) is -2.37. The Morgan fingerprint density at radius 1 is 1.07 bits per heavy atom. The quantitative estimate of drug-likeness (QED) is 0.637. The second-order valence-corrected chi connectivity index (χ2v) is 8.56. The summed E-state index contributed by atoms with van der Waals surface area (Å²) in [6.07, 6.45) is 0. The first-order chi connectivity index (χ1) is 12.7. The molecule has 0 atom stereocenters. The van der Waals surface area contributed by atoms with E-state index in [1.807, 2.05) is 0 Å². The normalized spacial score (nSPS) is 11.5. The first-order valence-electron chi connectivity index (χ1n) is 7.77. The van der Waals surface area contributed by atoms with Crippen LogP contribution < -0.4 is 10.1 Å². The summed E-state index contributed by atoms with van der Waals surface area (Å²) < 4.78 is 31.6. The highest BCUT2D eigenvalue weighted by molar-refractivity contribution is 7.89. The van der Waals surface area contributed by atoms with Gasteiger partial charge >= 0.3 is 0 Å². The second-order valence-electron chi connectivity index (χ2n) is 5.40. The van der Waals surface area contributed by atoms with Crippen molar-refractivity contribution in [1.82, 2.24) is 4.31 Å². The minimum absolute atomic E-state index is 0.0607. The molecule has 2 aromatic carbocycles. The molecule has 0 bridgehead atoms. The van der Waals surface area contributed by atoms with Crippen LogP contribution in [-0.4, -0.2) is 38.8 Å². The highest BCUT2D eigenvalue weighted by atomic mass is 35.5. The average molecular weight is 452 g/mol. The Balaban J connectivity index is 2.17. The van der Waals surface area contributed by atoms with Gasteiger partial charge in [0.2, 0.25) is 15.9 Å². The lowest BCUT2D eigenvalue weighted by molar-refractivity contribution is -0.116. The topological polar surface area (TPSA) is 75.7 Å². The van der Waals surface area contributed by atoms with Gasteiger partial charge in [0.1, 0.15) is 5.75 Å². The molecule has 0 aliphatic carbocycles. The molecule has 0 unspecified atom stereocenters. The number of amides is 1. The number of anilines is 1. The monoisotopic (exact) mass is 450 g/mol. The molecule has 2 aromatic rings. The van der Waals surface area contributed by atoms with E-state index in [9.17, 15) is 13.2 Å². The first kappa shape index (κ1) is 21.8. The Morgan fingerprint density at radius 3 is 2.22 bits per heavy atom. The van der Waals surface area contributed by atoms with Gasteiger partial charge in [0.05, 0.1) is 39.3 Å². The van der Waals surface area contributed by atoms with Gasteiger partial charge < -0.3 is 10.1 Å². The van der Waals surface area contributed by atoms with Gasteiger partial charge in [-0.05, 0) is 36.4 Å². The van der Waals surface area contributed by atoms with Crippen molar-refractivity contribution in [2.24, 2.45) is 0 Å². The van der Waals surface area contributed by atoms with Crippen LogP contribution in [0, 0.1) is 0 Å². The molecule has 0 heterocycles. The van der Waals surface area contributed by atoms with Crippen molar-refractivity contribution in [3.05, 3.63) is 51.5 Å². The summed E-state index contributed by atoms with van der Waals surface area (Å²) in [5.74, 6) is -0.0294. The average Bonchev–Trinajstić information content (AvgIpc) is 2.64. The number of carbonyl (C=O) groups is 1. The molecule has 0 aromatic heterocycles. The van der Waals surface area contributed by atoms with Gasteiger partial charge in [0, 0.05) is 6.54 Å². The van der Waals surface area contributed by atoms with Crippen LogP contribution in [0.4, 0.5) is 5.69 Å². The zero-order valence-electron chi connectivity index (χ0n) is 14.5. The summed E-state index contributed by atoms with van der Waals surface area (Å²) in [6.45, 7) is 1.36. The number of nitrogens with zero attached hydrogens (tertiary/aromatic N) is 1. The van der Waals surface area contributed by atoms with Crippen LogP contribution in [0.1, 0.15) is 6.92 Å². The maximum absolute atomic E-state index is 12.8. The van der Waals surface area contributed by atoms with E-state index in [2.05, 4.69) is 5.32 Å². The van der Waals surface area contributed by atoms with E-state index < -0.39 is 15.9 Å². The molecule has 1 amide bonds. The zero-order valence-corrected chi connectivity index (χ0v) is 17.6. The van der Waals surface area contributed by atoms with Crippen LogP contribution in [0.25, 0.3) is 0 Å². The molecule has 6 nitrogen and oxygen atoms in total. The minimum atomic E-state index is -3.85. The highest BCUT2D eigenvalue weighted by Crippen LogP contribution is 2.32. The Labute approximate surface area is 173 Å². The van der Waals surface area contributed by atoms with Crippen LogP contribution in [0.3, 0.4) is 0 Å². The van der Waals surface area contributed by atoms with Crippen LogP contribution >= 0.6 is 34.8 Å². The number of carbonyl (C=O) groups excluding carboxylic acids is 1. The fourth-order valence-electron chi connectivity index (χ4n) is 2.23. The molecule has 0 radical (unpaired) electrons. The summed E-state index contributed by atoms with van der Waals surface area (Å²) >= 11 is 17.8. The van der Waals surface area contributed by atoms with Gasteiger partial charge in [0.15, 0.2) is 0 Å². The SMILES string of the molecule is CCN(CC(=O)Nc1cc(Cl)c(Cl)cc1Cl)S(=O)(=O)c1ccc(OC)cc1. The van der Waals surface area contributed by atoms with E-state index in [1.54, 1.807) is 6.92 Å². The molecule has 2 rings (SSSR count). The predicted molar refractivity (Wildman–Crippen MR) is 108 cm³/mol. The Hall–Kier alpha value is -1.51. The van der Waals surface area contributed by atoms with Crippen LogP contribution in [0.15, 0.2) is 41.3 Å². The number of hydrogen-bond donors (Lipinski definition) is 1. The van der Waals surface area contributed by atoms with Gasteiger partial charge in [-0.2, -0.15) is 4.31 Å². The molecule has 1 N–H and O–H groups in total. The Morgan fingerprint density at radius 2 is 1.67 bits per heavy atom. The molecule has 0 saturated heterocycles. The lowest BCUT2D eigenvalue weighted by Gasteiger charge is -2.20. The van der Waals surface area contributed by atoms with E-state index in [0.29, 0.717) is 5.75 Å². The van der Waals surface area contributed by atoms with E-state index in [4.69, 9.17) is 39.5 Å². The van der Waals surface area contributed by atoms with Crippen molar-refractivity contribution in [2.75, 3.05) is 25.5 Å². The van der Waals surface area contributed by atoms with Crippen molar-refractivity contribution in [1.29, 1.82) is 0 Å². The Kier molecular flexibility index (Phi) is 7.36. The number of hydrogen-bond acceptors (Lipinski definition) is 4. The van der Waals surface area contributed by atoms with E-state index in [1.165, 1.54) is 43.5 Å². The van der Waals surface area contributed by atoms with Crippen molar-refractivity contribution in [3.8, 4) is 5.75 Å². The predicted octanol–water partition coefficient (Wildman–Crippen LogP) is 4.30. The third-order valence-electron chi connectivity index (χ3n) is 3.65. The smallest absolute Gasteiger partial charge is 0.243 e. The molecular formula is C17H17Cl3N2O4S. The molecule has 0 aliphatic rings. The minimum Gasteiger partial charge on any atom is -0.497 e. The van der Waals surface area contributed by atoms with Gasteiger partial charge in [-0.3, -0.25) is 4.79 Å². The largest absolute Gasteiger partial charge is 0.497 e. The van der Waals surface area contributed by atoms with Crippen molar-refractivity contribution in [3.63, 3.8) is 0 Å². The van der Waals surface area contributed by atoms with Crippen LogP contribution in [0.5, 0.6) is 5.75 Å². The fourth-order valence-corrected chi connectivity index (χ4v) is 4.23. The molecule has 10 heteroatoms. The zero-order chi connectivity index (χ0) is 20.2. The number of likely N-dealkylation sites (N-methyl/N-ethyl adjacent to an activating group) is 1. The molecular weight excluding hydrogens is 435 g/mol. The number of halogens is 3. The third-order valence-corrected chi connectivity index (χ3v) is 6.62. The van der Waals surface area contributed by atoms with Crippen molar-refractivity contribution < 1.29 is 17.9 Å². The third kappa shape index (κ3) is 5.27. The number of rotatable bonds is 7. The maximum atomic E-state index is 12.8. The number of sulfonamides is 1. The standard InChI is InChI=1S/C17H17Cl3N2O4S/c1-3-22(27(24,25)12-6-4-11(26-2)5-7-12)10-17(23)21-16-9-14(19)13(18)8-15(16)20/h4-9H,3,10H2,1-2H3,(H,21,23). The molecule has 0 spiro atoms. The van der Waals surface area contributed by atoms with Gasteiger partial charge in [-0.15, -0.1) is 0 Å². The van der Waals surface area contributed by atoms with Gasteiger partial charge in [-0.1, -0.05) is 41.7 Å². The Bertz CT molecular complexity index is 934. The van der Waals surface area contributed by atoms with Crippen LogP contribution in [0.2, 0.25) is 15.1 Å². The number of benzene rings is 2. The number of nitrogens with one attached hydrogen (secondary N) is 1. The van der Waals surface area contributed by atoms with E-state index in [0.717, 1.165) is 4.31 Å². The molecule has 27 heavy (non-hydrogen) atoms. The lowest BCUT2D eigenvalue weighted by atomic mass is 10.3. The number of ether oxygens (including phenoxy) is 1. The summed E-state index contributed by atoms with van der Waals surface area (Å²) in [5.41, 5.74) is 0.244. The molecule has 146 valence electrons. The second kappa shape index (κ2) is 9.12. The lowest BCUT2D eigenvalue weighted by Crippen LogP contribution is -2.37. The first-order valence-corrected chi connectivity index (χ1v) is 10.3. The molecule has 0 fully saturated rings. The van der Waals surface area contributed by atoms with Gasteiger partial charge in [0.25, 0.3) is 0 Å². The fraction of sp³-hybridized carbons (Fsp3) is 0.235. The van der Waals surface area contributed by atoms with Gasteiger partial charge in [-0.25, -0.2) is 8.42 Å². The van der Waals surface area contributed by atoms with Crippen LogP contribution in [-0.2, 0) is 14.8 Å². The summed E-state index contributed by atoms with van der Waals surface area (Å²) in [5, 5.41) is 3.20. The number of methoxy groups -OCH3 is 1. The van der Waals surface area contributed by atoms with E-state index in [-0.39, 0.29) is 38.7 Å². The van der Waals surface area contributed by atoms with Crippen molar-refractivity contribution in [2.45, 2.75) is 11.8 Å².